The smallest absolute Gasteiger partial charge is 0.0893 e. The third-order valence-corrected chi connectivity index (χ3v) is 10.3. The Morgan fingerprint density at radius 2 is 1.65 bits per heavy atom. The highest BCUT2D eigenvalue weighted by molar-refractivity contribution is 7.50. The van der Waals surface area contributed by atoms with Crippen LogP contribution in [0.2, 0.25) is 0 Å². The quantitative estimate of drug-likeness (QED) is 0.289. The van der Waals surface area contributed by atoms with Crippen LogP contribution in [0.25, 0.3) is 38.0 Å². The normalized spacial score (nSPS) is 12.2. The molecule has 0 aliphatic carbocycles. The van der Waals surface area contributed by atoms with E-state index in [1.54, 1.807) is 4.88 Å². The lowest BCUT2D eigenvalue weighted by molar-refractivity contribution is 0.804. The first kappa shape index (κ1) is 14.6. The average Bonchev–Trinajstić information content (AvgIpc) is 3.30. The second-order valence-electron chi connectivity index (χ2n) is 5.67. The van der Waals surface area contributed by atoms with E-state index < -0.39 is 0 Å². The Morgan fingerprint density at radius 3 is 2.39 bits per heavy atom. The van der Waals surface area contributed by atoms with E-state index in [0.29, 0.717) is 0 Å². The molecule has 5 aromatic heterocycles. The first-order valence-corrected chi connectivity index (χ1v) is 11.9. The first-order valence-electron chi connectivity index (χ1n) is 7.74. The Hall–Kier alpha value is -0.720. The summed E-state index contributed by atoms with van der Waals surface area (Å²) in [6.07, 6.45) is 3.83. The van der Waals surface area contributed by atoms with Gasteiger partial charge in [-0.1, -0.05) is 19.4 Å². The Bertz CT molecular complexity index is 1100. The van der Waals surface area contributed by atoms with Gasteiger partial charge in [0.15, 0.2) is 0 Å². The summed E-state index contributed by atoms with van der Waals surface area (Å²) in [7, 11) is 0. The number of hydrogen-bond donors (Lipinski definition) is 0. The minimum absolute atomic E-state index is 1.24. The summed E-state index contributed by atoms with van der Waals surface area (Å²) in [6.45, 7) is 2.27. The number of rotatable bonds is 4. The van der Waals surface area contributed by atoms with Crippen molar-refractivity contribution in [1.29, 1.82) is 0 Å². The van der Waals surface area contributed by atoms with Crippen LogP contribution in [0.4, 0.5) is 0 Å². The standard InChI is InChI=1S/C18H14S5/c1-2-3-5-10-8-11-15-16(22-17(11)20-10)12-9-14(21-18(12)23-15)13-6-4-7-19-13/h4,6-9H,2-3,5H2,1H3. The molecule has 0 aliphatic heterocycles. The zero-order chi connectivity index (χ0) is 15.4. The van der Waals surface area contributed by atoms with Gasteiger partial charge in [0, 0.05) is 25.4 Å². The molecular weight excluding hydrogens is 377 g/mol. The molecule has 23 heavy (non-hydrogen) atoms. The lowest BCUT2D eigenvalue weighted by Gasteiger charge is -1.91. The van der Waals surface area contributed by atoms with Crippen LogP contribution in [0, 0.1) is 0 Å². The van der Waals surface area contributed by atoms with Crippen LogP contribution in [0.3, 0.4) is 0 Å². The molecule has 0 nitrogen and oxygen atoms in total. The summed E-state index contributed by atoms with van der Waals surface area (Å²) in [6, 6.07) is 9.23. The molecule has 0 aliphatic rings. The molecule has 0 amide bonds. The summed E-state index contributed by atoms with van der Waals surface area (Å²) >= 11 is 9.80. The van der Waals surface area contributed by atoms with Crippen molar-refractivity contribution < 1.29 is 0 Å². The SMILES string of the molecule is CCCCc1cc2c(s1)sc1c3cc(-c4cccs4)sc3sc21. The molecule has 5 aromatic rings. The molecular formula is C18H14S5. The third-order valence-electron chi connectivity index (χ3n) is 4.07. The van der Waals surface area contributed by atoms with Crippen molar-refractivity contribution >= 4 is 84.9 Å². The molecule has 0 saturated carbocycles. The summed E-state index contributed by atoms with van der Waals surface area (Å²) < 4.78 is 6.02. The van der Waals surface area contributed by atoms with E-state index in [2.05, 4.69) is 36.6 Å². The minimum atomic E-state index is 1.24. The van der Waals surface area contributed by atoms with Gasteiger partial charge in [-0.3, -0.25) is 0 Å². The van der Waals surface area contributed by atoms with Gasteiger partial charge in [0.05, 0.1) is 17.4 Å². The van der Waals surface area contributed by atoms with E-state index in [1.807, 2.05) is 56.7 Å². The highest BCUT2D eigenvalue weighted by atomic mass is 32.2. The lowest BCUT2D eigenvalue weighted by atomic mass is 10.2. The molecule has 0 bridgehead atoms. The van der Waals surface area contributed by atoms with Crippen molar-refractivity contribution in [3.63, 3.8) is 0 Å². The van der Waals surface area contributed by atoms with Gasteiger partial charge in [-0.25, -0.2) is 0 Å². The van der Waals surface area contributed by atoms with Gasteiger partial charge in [0.1, 0.15) is 0 Å². The fraction of sp³-hybridized carbons (Fsp3) is 0.222. The second kappa shape index (κ2) is 5.67. The van der Waals surface area contributed by atoms with Crippen LogP contribution in [0.1, 0.15) is 24.6 Å². The van der Waals surface area contributed by atoms with E-state index in [1.165, 1.54) is 57.2 Å². The fourth-order valence-electron chi connectivity index (χ4n) is 2.91. The van der Waals surface area contributed by atoms with E-state index in [4.69, 9.17) is 0 Å². The van der Waals surface area contributed by atoms with Crippen LogP contribution in [0.5, 0.6) is 0 Å². The number of aryl methyl sites for hydroxylation is 1. The summed E-state index contributed by atoms with van der Waals surface area (Å²) in [5, 5.41) is 5.15. The molecule has 0 saturated heterocycles. The van der Waals surface area contributed by atoms with Crippen molar-refractivity contribution in [1.82, 2.24) is 0 Å². The highest BCUT2D eigenvalue weighted by Gasteiger charge is 2.17. The van der Waals surface area contributed by atoms with Crippen molar-refractivity contribution in [2.24, 2.45) is 0 Å². The fourth-order valence-corrected chi connectivity index (χ4v) is 9.36. The number of hydrogen-bond acceptors (Lipinski definition) is 5. The Morgan fingerprint density at radius 1 is 0.870 bits per heavy atom. The maximum absolute atomic E-state index is 2.45. The molecule has 116 valence electrons. The van der Waals surface area contributed by atoms with E-state index >= 15 is 0 Å². The monoisotopic (exact) mass is 390 g/mol. The summed E-state index contributed by atoms with van der Waals surface area (Å²) in [4.78, 5) is 4.38. The first-order chi connectivity index (χ1) is 11.3. The zero-order valence-corrected chi connectivity index (χ0v) is 16.6. The van der Waals surface area contributed by atoms with Crippen LogP contribution < -0.4 is 0 Å². The van der Waals surface area contributed by atoms with Gasteiger partial charge in [0.25, 0.3) is 0 Å². The number of unbranched alkanes of at least 4 members (excludes halogenated alkanes) is 1. The second-order valence-corrected chi connectivity index (χ2v) is 11.4. The molecule has 0 radical (unpaired) electrons. The zero-order valence-electron chi connectivity index (χ0n) is 12.5. The Kier molecular flexibility index (Phi) is 3.60. The molecule has 5 rings (SSSR count). The van der Waals surface area contributed by atoms with E-state index in [-0.39, 0.29) is 0 Å². The predicted octanol–water partition coefficient (Wildman–Crippen LogP) is 8.46. The Labute approximate surface area is 154 Å². The molecule has 0 aromatic carbocycles. The van der Waals surface area contributed by atoms with Crippen molar-refractivity contribution in [3.05, 3.63) is 34.5 Å². The third kappa shape index (κ3) is 2.33. The van der Waals surface area contributed by atoms with Gasteiger partial charge < -0.3 is 0 Å². The lowest BCUT2D eigenvalue weighted by Crippen LogP contribution is -1.76. The molecule has 5 heterocycles. The summed E-state index contributed by atoms with van der Waals surface area (Å²) in [5.41, 5.74) is 0. The van der Waals surface area contributed by atoms with Crippen molar-refractivity contribution in [2.75, 3.05) is 0 Å². The summed E-state index contributed by atoms with van der Waals surface area (Å²) in [5.74, 6) is 0. The Balaban J connectivity index is 1.66. The topological polar surface area (TPSA) is 0 Å². The average molecular weight is 391 g/mol. The van der Waals surface area contributed by atoms with Crippen LogP contribution in [0.15, 0.2) is 29.6 Å². The molecule has 5 heteroatoms. The van der Waals surface area contributed by atoms with E-state index in [9.17, 15) is 0 Å². The minimum Gasteiger partial charge on any atom is -0.143 e. The van der Waals surface area contributed by atoms with Gasteiger partial charge in [-0.15, -0.1) is 56.7 Å². The van der Waals surface area contributed by atoms with Crippen LogP contribution in [-0.4, -0.2) is 0 Å². The van der Waals surface area contributed by atoms with Gasteiger partial charge in [0.2, 0.25) is 0 Å². The largest absolute Gasteiger partial charge is 0.143 e. The maximum Gasteiger partial charge on any atom is 0.0893 e. The molecule has 0 spiro atoms. The van der Waals surface area contributed by atoms with E-state index in [0.717, 1.165) is 0 Å². The van der Waals surface area contributed by atoms with Crippen LogP contribution >= 0.6 is 56.7 Å². The van der Waals surface area contributed by atoms with Gasteiger partial charge in [-0.05, 0) is 36.4 Å². The highest BCUT2D eigenvalue weighted by Crippen LogP contribution is 2.50. The van der Waals surface area contributed by atoms with Crippen molar-refractivity contribution in [3.8, 4) is 9.75 Å². The van der Waals surface area contributed by atoms with Gasteiger partial charge in [-0.2, -0.15) is 0 Å². The molecule has 0 N–H and O–H groups in total. The molecule has 0 unspecified atom stereocenters. The molecule has 0 atom stereocenters. The van der Waals surface area contributed by atoms with Crippen LogP contribution in [-0.2, 0) is 6.42 Å². The van der Waals surface area contributed by atoms with Crippen molar-refractivity contribution in [2.45, 2.75) is 26.2 Å². The number of fused-ring (bicyclic) bond motifs is 5. The van der Waals surface area contributed by atoms with Gasteiger partial charge >= 0.3 is 0 Å². The number of thiophene rings is 5. The molecule has 0 fully saturated rings. The maximum atomic E-state index is 2.45. The predicted molar refractivity (Wildman–Crippen MR) is 112 cm³/mol.